The highest BCUT2D eigenvalue weighted by molar-refractivity contribution is 6.30. The standard InChI is InChI=1S/C15H20ClN3O3/c1-12-10-13(16)2-3-14(12)22-9-4-17-15(21)19-7-5-18(11-20)6-8-19/h2-3,10-11H,4-9H2,1H3,(H,17,21). The Bertz CT molecular complexity index is 531. The van der Waals surface area contributed by atoms with E-state index < -0.39 is 0 Å². The molecule has 7 heteroatoms. The van der Waals surface area contributed by atoms with Gasteiger partial charge in [0.25, 0.3) is 0 Å². The van der Waals surface area contributed by atoms with Crippen molar-refractivity contribution in [3.05, 3.63) is 28.8 Å². The van der Waals surface area contributed by atoms with Crippen LogP contribution < -0.4 is 10.1 Å². The summed E-state index contributed by atoms with van der Waals surface area (Å²) in [6.07, 6.45) is 0.817. The van der Waals surface area contributed by atoms with E-state index in [4.69, 9.17) is 16.3 Å². The van der Waals surface area contributed by atoms with Gasteiger partial charge in [0.2, 0.25) is 6.41 Å². The van der Waals surface area contributed by atoms with Crippen molar-refractivity contribution in [2.24, 2.45) is 0 Å². The Morgan fingerprint density at radius 2 is 2.09 bits per heavy atom. The second-order valence-corrected chi connectivity index (χ2v) is 5.56. The van der Waals surface area contributed by atoms with Crippen LogP contribution in [0.4, 0.5) is 4.79 Å². The average Bonchev–Trinajstić information content (AvgIpc) is 2.53. The van der Waals surface area contributed by atoms with E-state index in [0.717, 1.165) is 17.7 Å². The lowest BCUT2D eigenvalue weighted by atomic mass is 10.2. The van der Waals surface area contributed by atoms with Gasteiger partial charge < -0.3 is 19.9 Å². The number of rotatable bonds is 5. The molecule has 1 aromatic carbocycles. The first-order valence-corrected chi connectivity index (χ1v) is 7.59. The first kappa shape index (κ1) is 16.4. The lowest BCUT2D eigenvalue weighted by Crippen LogP contribution is -2.51. The van der Waals surface area contributed by atoms with Gasteiger partial charge in [0.15, 0.2) is 0 Å². The second kappa shape index (κ2) is 7.89. The molecule has 1 aromatic rings. The molecule has 120 valence electrons. The predicted octanol–water partition coefficient (Wildman–Crippen LogP) is 1.51. The summed E-state index contributed by atoms with van der Waals surface area (Å²) in [5, 5.41) is 3.49. The largest absolute Gasteiger partial charge is 0.491 e. The fourth-order valence-corrected chi connectivity index (χ4v) is 2.46. The summed E-state index contributed by atoms with van der Waals surface area (Å²) in [7, 11) is 0. The number of halogens is 1. The highest BCUT2D eigenvalue weighted by Crippen LogP contribution is 2.21. The van der Waals surface area contributed by atoms with Gasteiger partial charge in [0.05, 0.1) is 6.54 Å². The van der Waals surface area contributed by atoms with Crippen molar-refractivity contribution in [2.45, 2.75) is 6.92 Å². The Hall–Kier alpha value is -1.95. The van der Waals surface area contributed by atoms with Gasteiger partial charge in [0, 0.05) is 31.2 Å². The molecule has 1 aliphatic heterocycles. The zero-order valence-corrected chi connectivity index (χ0v) is 13.3. The van der Waals surface area contributed by atoms with Crippen LogP contribution in [0, 0.1) is 6.92 Å². The first-order valence-electron chi connectivity index (χ1n) is 7.21. The lowest BCUT2D eigenvalue weighted by Gasteiger charge is -2.32. The maximum absolute atomic E-state index is 12.0. The van der Waals surface area contributed by atoms with Crippen LogP contribution in [0.5, 0.6) is 5.75 Å². The van der Waals surface area contributed by atoms with Gasteiger partial charge in [-0.1, -0.05) is 11.6 Å². The minimum atomic E-state index is -0.123. The van der Waals surface area contributed by atoms with Crippen LogP contribution in [0.25, 0.3) is 0 Å². The number of nitrogens with one attached hydrogen (secondary N) is 1. The minimum Gasteiger partial charge on any atom is -0.491 e. The monoisotopic (exact) mass is 325 g/mol. The molecule has 1 N–H and O–H groups in total. The summed E-state index contributed by atoms with van der Waals surface area (Å²) in [5.41, 5.74) is 0.962. The van der Waals surface area contributed by atoms with Gasteiger partial charge >= 0.3 is 6.03 Å². The third-order valence-electron chi connectivity index (χ3n) is 3.52. The molecule has 6 nitrogen and oxygen atoms in total. The van der Waals surface area contributed by atoms with E-state index >= 15 is 0 Å². The Balaban J connectivity index is 1.68. The van der Waals surface area contributed by atoms with Gasteiger partial charge in [-0.15, -0.1) is 0 Å². The minimum absolute atomic E-state index is 0.123. The Morgan fingerprint density at radius 1 is 1.36 bits per heavy atom. The number of piperazine rings is 1. The molecule has 0 radical (unpaired) electrons. The Labute approximate surface area is 135 Å². The van der Waals surface area contributed by atoms with Gasteiger partial charge in [-0.25, -0.2) is 4.79 Å². The predicted molar refractivity (Wildman–Crippen MR) is 84.3 cm³/mol. The zero-order chi connectivity index (χ0) is 15.9. The van der Waals surface area contributed by atoms with Crippen LogP contribution in [0.3, 0.4) is 0 Å². The van der Waals surface area contributed by atoms with Crippen LogP contribution in [-0.4, -0.2) is 61.6 Å². The zero-order valence-electron chi connectivity index (χ0n) is 12.5. The molecule has 0 spiro atoms. The molecule has 2 rings (SSSR count). The third-order valence-corrected chi connectivity index (χ3v) is 3.76. The number of aryl methyl sites for hydroxylation is 1. The summed E-state index contributed by atoms with van der Waals surface area (Å²) in [5.74, 6) is 0.762. The number of urea groups is 1. The van der Waals surface area contributed by atoms with Crippen molar-refractivity contribution in [2.75, 3.05) is 39.3 Å². The van der Waals surface area contributed by atoms with Gasteiger partial charge in [-0.2, -0.15) is 0 Å². The molecule has 0 aromatic heterocycles. The number of amides is 3. The topological polar surface area (TPSA) is 61.9 Å². The maximum Gasteiger partial charge on any atom is 0.317 e. The number of nitrogens with zero attached hydrogens (tertiary/aromatic N) is 2. The van der Waals surface area contributed by atoms with Crippen LogP contribution >= 0.6 is 11.6 Å². The molecule has 0 atom stereocenters. The number of hydrogen-bond acceptors (Lipinski definition) is 3. The molecule has 0 unspecified atom stereocenters. The van der Waals surface area contributed by atoms with E-state index in [9.17, 15) is 9.59 Å². The highest BCUT2D eigenvalue weighted by Gasteiger charge is 2.19. The van der Waals surface area contributed by atoms with Crippen molar-refractivity contribution in [1.29, 1.82) is 0 Å². The van der Waals surface area contributed by atoms with E-state index in [1.807, 2.05) is 19.1 Å². The average molecular weight is 326 g/mol. The van der Waals surface area contributed by atoms with Gasteiger partial charge in [-0.3, -0.25) is 4.79 Å². The molecular formula is C15H20ClN3O3. The molecule has 3 amide bonds. The quantitative estimate of drug-likeness (QED) is 0.659. The molecular weight excluding hydrogens is 306 g/mol. The van der Waals surface area contributed by atoms with Crippen molar-refractivity contribution in [3.8, 4) is 5.75 Å². The maximum atomic E-state index is 12.0. The summed E-state index contributed by atoms with van der Waals surface area (Å²) in [6, 6.07) is 5.30. The second-order valence-electron chi connectivity index (χ2n) is 5.12. The molecule has 1 heterocycles. The van der Waals surface area contributed by atoms with Crippen LogP contribution in [0.2, 0.25) is 5.02 Å². The third kappa shape index (κ3) is 4.53. The summed E-state index contributed by atoms with van der Waals surface area (Å²) in [4.78, 5) is 25.9. The van der Waals surface area contributed by atoms with E-state index in [2.05, 4.69) is 5.32 Å². The van der Waals surface area contributed by atoms with E-state index in [1.54, 1.807) is 15.9 Å². The number of hydrogen-bond donors (Lipinski definition) is 1. The molecule has 1 fully saturated rings. The molecule has 0 bridgehead atoms. The van der Waals surface area contributed by atoms with Crippen LogP contribution in [0.15, 0.2) is 18.2 Å². The van der Waals surface area contributed by atoms with Gasteiger partial charge in [0.1, 0.15) is 12.4 Å². The summed E-state index contributed by atoms with van der Waals surface area (Å²) >= 11 is 5.88. The highest BCUT2D eigenvalue weighted by atomic mass is 35.5. The van der Waals surface area contributed by atoms with E-state index in [1.165, 1.54) is 0 Å². The normalized spacial score (nSPS) is 14.6. The summed E-state index contributed by atoms with van der Waals surface area (Å²) in [6.45, 7) is 5.02. The Kier molecular flexibility index (Phi) is 5.89. The van der Waals surface area contributed by atoms with Crippen molar-refractivity contribution in [1.82, 2.24) is 15.1 Å². The van der Waals surface area contributed by atoms with Gasteiger partial charge in [-0.05, 0) is 30.7 Å². The number of carbonyl (C=O) groups is 2. The van der Waals surface area contributed by atoms with E-state index in [0.29, 0.717) is 44.4 Å². The molecule has 1 aliphatic rings. The summed E-state index contributed by atoms with van der Waals surface area (Å²) < 4.78 is 5.62. The number of carbonyl (C=O) groups excluding carboxylic acids is 2. The molecule has 1 saturated heterocycles. The number of ether oxygens (including phenoxy) is 1. The smallest absolute Gasteiger partial charge is 0.317 e. The number of benzene rings is 1. The molecule has 0 aliphatic carbocycles. The Morgan fingerprint density at radius 3 is 2.73 bits per heavy atom. The molecule has 0 saturated carbocycles. The van der Waals surface area contributed by atoms with Crippen molar-refractivity contribution in [3.63, 3.8) is 0 Å². The first-order chi connectivity index (χ1) is 10.6. The lowest BCUT2D eigenvalue weighted by molar-refractivity contribution is -0.119. The van der Waals surface area contributed by atoms with Crippen molar-refractivity contribution >= 4 is 24.0 Å². The van der Waals surface area contributed by atoms with E-state index in [-0.39, 0.29) is 6.03 Å². The van der Waals surface area contributed by atoms with Crippen LogP contribution in [-0.2, 0) is 4.79 Å². The van der Waals surface area contributed by atoms with Crippen molar-refractivity contribution < 1.29 is 14.3 Å². The van der Waals surface area contributed by atoms with Crippen LogP contribution in [0.1, 0.15) is 5.56 Å². The SMILES string of the molecule is Cc1cc(Cl)ccc1OCCNC(=O)N1CCN(C=O)CC1. The fourth-order valence-electron chi connectivity index (χ4n) is 2.24. The molecule has 22 heavy (non-hydrogen) atoms. The fraction of sp³-hybridized carbons (Fsp3) is 0.467.